The van der Waals surface area contributed by atoms with Crippen LogP contribution in [0.15, 0.2) is 54.9 Å². The highest BCUT2D eigenvalue weighted by molar-refractivity contribution is 5.99. The zero-order valence-electron chi connectivity index (χ0n) is 18.4. The van der Waals surface area contributed by atoms with Crippen LogP contribution in [-0.2, 0) is 14.9 Å². The molecule has 164 valence electrons. The molecule has 2 aromatic carbocycles. The van der Waals surface area contributed by atoms with Gasteiger partial charge in [-0.05, 0) is 55.5 Å². The number of hydrogen-bond acceptors (Lipinski definition) is 6. The molecule has 4 N–H and O–H groups in total. The lowest BCUT2D eigenvalue weighted by Crippen LogP contribution is -2.44. The van der Waals surface area contributed by atoms with E-state index in [2.05, 4.69) is 21.4 Å². The summed E-state index contributed by atoms with van der Waals surface area (Å²) in [5.41, 5.74) is 4.29. The summed E-state index contributed by atoms with van der Waals surface area (Å²) in [6.07, 6.45) is 4.81. The average molecular weight is 430 g/mol. The summed E-state index contributed by atoms with van der Waals surface area (Å²) in [7, 11) is 0. The Morgan fingerprint density at radius 1 is 1.03 bits per heavy atom. The number of carbonyl (C=O) groups is 1. The van der Waals surface area contributed by atoms with Crippen LogP contribution in [0.3, 0.4) is 0 Å². The molecule has 1 aromatic heterocycles. The number of nitrogens with one attached hydrogen (secondary N) is 1. The number of carbonyl (C=O) groups excluding carboxylic acids is 1. The number of rotatable bonds is 4. The minimum Gasteiger partial charge on any atom is -0.381 e. The number of amides is 1. The quantitative estimate of drug-likeness (QED) is 0.630. The number of aromatic nitrogens is 2. The first-order chi connectivity index (χ1) is 15.0. The van der Waals surface area contributed by atoms with Crippen LogP contribution in [0.25, 0.3) is 11.1 Å². The van der Waals surface area contributed by atoms with E-state index in [-0.39, 0.29) is 12.1 Å². The van der Waals surface area contributed by atoms with Gasteiger partial charge in [-0.2, -0.15) is 5.26 Å². The van der Waals surface area contributed by atoms with Gasteiger partial charge in [0.25, 0.3) is 0 Å². The summed E-state index contributed by atoms with van der Waals surface area (Å²) in [6.45, 7) is 4.79. The van der Waals surface area contributed by atoms with Crippen molar-refractivity contribution < 1.29 is 9.53 Å². The molecule has 4 rings (SSSR count). The minimum absolute atomic E-state index is 0. The number of anilines is 1. The zero-order chi connectivity index (χ0) is 21.8. The number of aryl methyl sites for hydroxylation is 2. The minimum atomic E-state index is -0.682. The molecule has 0 radical (unpaired) electrons. The van der Waals surface area contributed by atoms with Gasteiger partial charge in [0.2, 0.25) is 5.91 Å². The number of hydrogen-bond donors (Lipinski definition) is 2. The summed E-state index contributed by atoms with van der Waals surface area (Å²) in [4.78, 5) is 22.0. The van der Waals surface area contributed by atoms with Crippen LogP contribution in [0.5, 0.6) is 0 Å². The molecule has 7 nitrogen and oxygen atoms in total. The van der Waals surface area contributed by atoms with Crippen molar-refractivity contribution in [1.82, 2.24) is 16.1 Å². The molecular weight excluding hydrogens is 402 g/mol. The van der Waals surface area contributed by atoms with E-state index in [1.165, 1.54) is 0 Å². The molecule has 0 spiro atoms. The fourth-order valence-corrected chi connectivity index (χ4v) is 3.96. The Balaban J connectivity index is 0.00000289. The first kappa shape index (κ1) is 23.1. The molecule has 0 aliphatic carbocycles. The Bertz CT molecular complexity index is 1130. The second kappa shape index (κ2) is 9.69. The molecule has 0 bridgehead atoms. The van der Waals surface area contributed by atoms with E-state index in [0.29, 0.717) is 37.3 Å². The zero-order valence-corrected chi connectivity index (χ0v) is 18.4. The van der Waals surface area contributed by atoms with Crippen LogP contribution in [0.2, 0.25) is 0 Å². The van der Waals surface area contributed by atoms with E-state index in [1.807, 2.05) is 50.2 Å². The summed E-state index contributed by atoms with van der Waals surface area (Å²) < 4.78 is 5.56. The fraction of sp³-hybridized carbons (Fsp3) is 0.280. The lowest BCUT2D eigenvalue weighted by atomic mass is 9.73. The molecule has 1 fully saturated rings. The molecule has 0 atom stereocenters. The molecule has 2 heterocycles. The second-order valence-electron chi connectivity index (χ2n) is 7.89. The summed E-state index contributed by atoms with van der Waals surface area (Å²) in [6, 6.07) is 15.6. The summed E-state index contributed by atoms with van der Waals surface area (Å²) >= 11 is 0. The van der Waals surface area contributed by atoms with E-state index in [9.17, 15) is 10.1 Å². The van der Waals surface area contributed by atoms with Crippen LogP contribution in [0.4, 0.5) is 5.69 Å². The molecule has 1 saturated heterocycles. The molecule has 3 aromatic rings. The Kier molecular flexibility index (Phi) is 6.98. The molecule has 1 aliphatic rings. The van der Waals surface area contributed by atoms with Gasteiger partial charge in [0.1, 0.15) is 5.82 Å². The Morgan fingerprint density at radius 3 is 2.31 bits per heavy atom. The SMILES string of the molecule is Cc1ncc(-c2ccc(C3(C(=O)Nc4ccc(C)c(C#N)c4)CCOCC3)cc2)cn1.N. The third kappa shape index (κ3) is 4.52. The summed E-state index contributed by atoms with van der Waals surface area (Å²) in [5.74, 6) is 0.656. The number of ether oxygens (including phenoxy) is 1. The summed E-state index contributed by atoms with van der Waals surface area (Å²) in [5, 5.41) is 12.3. The predicted molar refractivity (Wildman–Crippen MR) is 123 cm³/mol. The normalized spacial score (nSPS) is 14.7. The van der Waals surface area contributed by atoms with Crippen molar-refractivity contribution in [3.63, 3.8) is 0 Å². The molecule has 7 heteroatoms. The van der Waals surface area contributed by atoms with E-state index in [4.69, 9.17) is 4.74 Å². The van der Waals surface area contributed by atoms with Crippen LogP contribution in [0.1, 0.15) is 35.4 Å². The first-order valence-electron chi connectivity index (χ1n) is 10.3. The van der Waals surface area contributed by atoms with Gasteiger partial charge >= 0.3 is 0 Å². The molecule has 1 aliphatic heterocycles. The molecular formula is C25H27N5O2. The third-order valence-corrected chi connectivity index (χ3v) is 5.95. The van der Waals surface area contributed by atoms with Gasteiger partial charge in [-0.3, -0.25) is 4.79 Å². The van der Waals surface area contributed by atoms with Crippen molar-refractivity contribution in [2.45, 2.75) is 32.1 Å². The molecule has 0 unspecified atom stereocenters. The highest BCUT2D eigenvalue weighted by Gasteiger charge is 2.41. The van der Waals surface area contributed by atoms with E-state index in [0.717, 1.165) is 28.1 Å². The largest absolute Gasteiger partial charge is 0.381 e. The van der Waals surface area contributed by atoms with Gasteiger partial charge < -0.3 is 16.2 Å². The van der Waals surface area contributed by atoms with Gasteiger partial charge in [0.05, 0.1) is 17.0 Å². The van der Waals surface area contributed by atoms with Gasteiger partial charge in [0.15, 0.2) is 0 Å². The van der Waals surface area contributed by atoms with Gasteiger partial charge in [-0.15, -0.1) is 0 Å². The maximum atomic E-state index is 13.5. The van der Waals surface area contributed by atoms with Gasteiger partial charge in [-0.25, -0.2) is 9.97 Å². The van der Waals surface area contributed by atoms with Crippen LogP contribution >= 0.6 is 0 Å². The van der Waals surface area contributed by atoms with Gasteiger partial charge in [0, 0.05) is 36.9 Å². The highest BCUT2D eigenvalue weighted by Crippen LogP contribution is 2.37. The highest BCUT2D eigenvalue weighted by atomic mass is 16.5. The van der Waals surface area contributed by atoms with Crippen molar-refractivity contribution in [2.24, 2.45) is 0 Å². The number of nitriles is 1. The van der Waals surface area contributed by atoms with Crippen LogP contribution < -0.4 is 11.5 Å². The van der Waals surface area contributed by atoms with Crippen molar-refractivity contribution in [1.29, 1.82) is 5.26 Å². The Hall–Kier alpha value is -3.60. The van der Waals surface area contributed by atoms with Crippen molar-refractivity contribution in [2.75, 3.05) is 18.5 Å². The Morgan fingerprint density at radius 2 is 1.69 bits per heavy atom. The van der Waals surface area contributed by atoms with Crippen LogP contribution in [0, 0.1) is 25.2 Å². The topological polar surface area (TPSA) is 123 Å². The Labute approximate surface area is 188 Å². The maximum absolute atomic E-state index is 13.5. The molecule has 1 amide bonds. The van der Waals surface area contributed by atoms with Crippen molar-refractivity contribution in [3.8, 4) is 17.2 Å². The predicted octanol–water partition coefficient (Wildman–Crippen LogP) is 4.48. The van der Waals surface area contributed by atoms with Crippen LogP contribution in [-0.4, -0.2) is 29.1 Å². The smallest absolute Gasteiger partial charge is 0.235 e. The monoisotopic (exact) mass is 429 g/mol. The maximum Gasteiger partial charge on any atom is 0.235 e. The standard InChI is InChI=1S/C25H24N4O2.H3N/c1-17-3-8-23(13-20(17)14-26)29-24(30)25(9-11-31-12-10-25)22-6-4-19(5-7-22)21-15-27-18(2)28-16-21;/h3-8,13,15-16H,9-12H2,1-2H3,(H,29,30);1H3. The number of benzene rings is 2. The second-order valence-corrected chi connectivity index (χ2v) is 7.89. The first-order valence-corrected chi connectivity index (χ1v) is 10.3. The number of nitrogens with zero attached hydrogens (tertiary/aromatic N) is 3. The average Bonchev–Trinajstić information content (AvgIpc) is 2.81. The fourth-order valence-electron chi connectivity index (χ4n) is 3.96. The molecule has 0 saturated carbocycles. The van der Waals surface area contributed by atoms with E-state index in [1.54, 1.807) is 18.5 Å². The lowest BCUT2D eigenvalue weighted by molar-refractivity contribution is -0.125. The van der Waals surface area contributed by atoms with E-state index >= 15 is 0 Å². The van der Waals surface area contributed by atoms with Crippen molar-refractivity contribution >= 4 is 11.6 Å². The lowest BCUT2D eigenvalue weighted by Gasteiger charge is -2.36. The van der Waals surface area contributed by atoms with Gasteiger partial charge in [-0.1, -0.05) is 30.3 Å². The third-order valence-electron chi connectivity index (χ3n) is 5.95. The van der Waals surface area contributed by atoms with E-state index < -0.39 is 5.41 Å². The molecule has 32 heavy (non-hydrogen) atoms. The van der Waals surface area contributed by atoms with Crippen molar-refractivity contribution in [3.05, 3.63) is 77.4 Å².